The molecule has 0 spiro atoms. The minimum absolute atomic E-state index is 0. The molecule has 20 heteroatoms. The van der Waals surface area contributed by atoms with E-state index in [1.807, 2.05) is 0 Å². The lowest BCUT2D eigenvalue weighted by Gasteiger charge is -2.13. The second-order valence-electron chi connectivity index (χ2n) is 11.2. The summed E-state index contributed by atoms with van der Waals surface area (Å²) in [5.74, 6) is -2.21. The lowest BCUT2D eigenvalue weighted by Crippen LogP contribution is -2.34. The maximum Gasteiger partial charge on any atom is 0.275 e. The Morgan fingerprint density at radius 3 is 1.21 bits per heavy atom. The van der Waals surface area contributed by atoms with Crippen molar-refractivity contribution < 1.29 is 44.2 Å². The van der Waals surface area contributed by atoms with Gasteiger partial charge in [0.25, 0.3) is 32.6 Å². The molecular weight excluding hydrogens is 780 g/mol. The lowest BCUT2D eigenvalue weighted by molar-refractivity contribution is 0.100. The molecule has 0 saturated carbocycles. The molecule has 0 aromatic heterocycles. The minimum Gasteiger partial charge on any atom is -0.505 e. The van der Waals surface area contributed by atoms with Crippen LogP contribution in [0.4, 0.5) is 17.1 Å². The molecule has 0 radical (unpaired) electrons. The number of nitrogen functional groups attached to an aromatic ring is 1. The Morgan fingerprint density at radius 2 is 0.895 bits per heavy atom. The zero-order chi connectivity index (χ0) is 42.9. The number of carbonyl (C=O) groups is 2. The van der Waals surface area contributed by atoms with Gasteiger partial charge in [-0.25, -0.2) is 0 Å². The molecule has 0 amide bonds. The number of phenols is 2. The van der Waals surface area contributed by atoms with E-state index in [4.69, 9.17) is 20.7 Å². The first-order valence-corrected chi connectivity index (χ1v) is 15.5. The minimum atomic E-state index is -1.01. The topological polar surface area (TPSA) is 317 Å². The Bertz CT molecular complexity index is 2640. The lowest BCUT2D eigenvalue weighted by atomic mass is 10.1. The average molecular weight is 815 g/mol. The number of hydrogen-bond acceptors (Lipinski definition) is 19. The summed E-state index contributed by atoms with van der Waals surface area (Å²) >= 11 is 0. The van der Waals surface area contributed by atoms with Gasteiger partial charge in [0.2, 0.25) is 22.4 Å². The highest BCUT2D eigenvalue weighted by atomic mass is 35.5. The molecular formula is C37H35ClN2O17. The van der Waals surface area contributed by atoms with Gasteiger partial charge in [0.05, 0.1) is 43.8 Å². The highest BCUT2D eigenvalue weighted by Crippen LogP contribution is 2.32. The molecule has 7 N–H and O–H groups in total. The van der Waals surface area contributed by atoms with Crippen LogP contribution < -0.4 is 68.7 Å². The fourth-order valence-electron chi connectivity index (χ4n) is 4.42. The number of rotatable bonds is 7. The molecule has 6 aromatic carbocycles. The summed E-state index contributed by atoms with van der Waals surface area (Å²) in [5, 5.41) is 38.2. The smallest absolute Gasteiger partial charge is 0.275 e. The molecule has 0 saturated heterocycles. The zero-order valence-corrected chi connectivity index (χ0v) is 31.9. The Balaban J connectivity index is 0.000000372. The van der Waals surface area contributed by atoms with Crippen molar-refractivity contribution in [1.29, 1.82) is 0 Å². The molecule has 6 aromatic rings. The second-order valence-corrected chi connectivity index (χ2v) is 11.2. The van der Waals surface area contributed by atoms with Crippen LogP contribution in [0.25, 0.3) is 0 Å². The Morgan fingerprint density at radius 1 is 0.526 bits per heavy atom. The van der Waals surface area contributed by atoms with Crippen molar-refractivity contribution in [2.24, 2.45) is 0 Å². The largest absolute Gasteiger partial charge is 0.505 e. The van der Waals surface area contributed by atoms with Gasteiger partial charge in [-0.05, 0) is 52.0 Å². The SMILES string of the molecule is CC(=O)c1cccc(N)c1O.COc1c(C)c(=O)c1=O.COc1c(C)c(=O)c1=O.COc1c(Nc2cccc(C(C)=O)c2O)c(=O)c1=O.Cl.O=c1c(O)c(O)c1=O. The van der Waals surface area contributed by atoms with Crippen LogP contribution in [0.15, 0.2) is 74.8 Å². The number of para-hydroxylation sites is 2. The molecule has 0 fully saturated rings. The quantitative estimate of drug-likeness (QED) is 0.0551. The number of ether oxygens (including phenoxy) is 3. The molecule has 0 bridgehead atoms. The standard InChI is InChI=1S/C13H11NO5.C8H9NO2.2C6H6O3.C4H2O4.ClH/c1-6(15)7-4-3-5-8(10(7)16)14-9-11(17)12(18)13(9)19-2;1-5(10)6-3-2-4-7(9)8(6)11;2*1-3-4(7)5(8)6(3)9-2;5-1-2(6)4(8)3(1)7;/h3-5,14,16H,1-2H3;2-4,11H,9H2,1H3;2*1-2H3;5-6H;1H. The average Bonchev–Trinajstić information content (AvgIpc) is 3.19. The first-order chi connectivity index (χ1) is 26.1. The summed E-state index contributed by atoms with van der Waals surface area (Å²) in [6.45, 7) is 5.84. The fraction of sp³-hybridized carbons (Fsp3) is 0.189. The first-order valence-electron chi connectivity index (χ1n) is 15.5. The number of ketones is 2. The third kappa shape index (κ3) is 10.0. The van der Waals surface area contributed by atoms with Crippen LogP contribution in [0.5, 0.6) is 40.2 Å². The number of carbonyl (C=O) groups excluding carboxylic acids is 2. The van der Waals surface area contributed by atoms with E-state index < -0.39 is 54.9 Å². The number of aromatic hydroxyl groups is 4. The van der Waals surface area contributed by atoms with Crippen molar-refractivity contribution in [3.8, 4) is 40.2 Å². The van der Waals surface area contributed by atoms with Gasteiger partial charge in [0, 0.05) is 11.1 Å². The van der Waals surface area contributed by atoms with Crippen LogP contribution in [-0.2, 0) is 0 Å². The maximum atomic E-state index is 11.4. The van der Waals surface area contributed by atoms with E-state index in [9.17, 15) is 58.2 Å². The molecule has 57 heavy (non-hydrogen) atoms. The highest BCUT2D eigenvalue weighted by molar-refractivity contribution is 5.99. The third-order valence-corrected chi connectivity index (χ3v) is 7.65. The highest BCUT2D eigenvalue weighted by Gasteiger charge is 2.23. The molecule has 0 atom stereocenters. The van der Waals surface area contributed by atoms with Crippen molar-refractivity contribution in [3.05, 3.63) is 140 Å². The van der Waals surface area contributed by atoms with E-state index in [0.717, 1.165) is 0 Å². The molecule has 19 nitrogen and oxygen atoms in total. The van der Waals surface area contributed by atoms with Gasteiger partial charge in [-0.3, -0.25) is 47.9 Å². The number of hydrogen-bond donors (Lipinski definition) is 6. The van der Waals surface area contributed by atoms with Crippen molar-refractivity contribution in [1.82, 2.24) is 0 Å². The Labute approximate surface area is 325 Å². The molecule has 6 rings (SSSR count). The first kappa shape index (κ1) is 47.6. The van der Waals surface area contributed by atoms with E-state index in [0.29, 0.717) is 11.1 Å². The summed E-state index contributed by atoms with van der Waals surface area (Å²) in [6, 6.07) is 9.21. The van der Waals surface area contributed by atoms with Crippen molar-refractivity contribution >= 4 is 41.0 Å². The zero-order valence-electron chi connectivity index (χ0n) is 31.0. The number of nitrogens with one attached hydrogen (secondary N) is 1. The van der Waals surface area contributed by atoms with Crippen molar-refractivity contribution in [3.63, 3.8) is 0 Å². The number of anilines is 3. The van der Waals surface area contributed by atoms with E-state index in [2.05, 4.69) is 14.8 Å². The normalized spacial score (nSPS) is 9.88. The third-order valence-electron chi connectivity index (χ3n) is 7.65. The molecule has 0 heterocycles. The number of Topliss-reactive ketones (excluding diaryl/α,β-unsaturated/α-hetero) is 2. The molecule has 0 aliphatic heterocycles. The van der Waals surface area contributed by atoms with Gasteiger partial charge in [-0.1, -0.05) is 12.1 Å². The predicted octanol–water partition coefficient (Wildman–Crippen LogP) is 0.435. The number of nitrogens with two attached hydrogens (primary N) is 1. The van der Waals surface area contributed by atoms with E-state index in [1.165, 1.54) is 53.4 Å². The summed E-state index contributed by atoms with van der Waals surface area (Å²) in [7, 11) is 4.03. The Kier molecular flexibility index (Phi) is 16.5. The number of methoxy groups -OCH3 is 3. The van der Waals surface area contributed by atoms with Crippen LogP contribution in [0.3, 0.4) is 0 Å². The number of halogens is 1. The van der Waals surface area contributed by atoms with Crippen LogP contribution in [-0.4, -0.2) is 53.3 Å². The van der Waals surface area contributed by atoms with Crippen LogP contribution in [0.1, 0.15) is 45.7 Å². The summed E-state index contributed by atoms with van der Waals surface area (Å²) in [6.07, 6.45) is 0. The fourth-order valence-corrected chi connectivity index (χ4v) is 4.42. The molecule has 0 aliphatic rings. The van der Waals surface area contributed by atoms with E-state index in [1.54, 1.807) is 32.0 Å². The van der Waals surface area contributed by atoms with Gasteiger partial charge in [-0.2, -0.15) is 0 Å². The second kappa shape index (κ2) is 19.8. The van der Waals surface area contributed by atoms with Gasteiger partial charge < -0.3 is 45.7 Å². The summed E-state index contributed by atoms with van der Waals surface area (Å²) in [5.41, 5.74) is 1.68. The van der Waals surface area contributed by atoms with Gasteiger partial charge >= 0.3 is 0 Å². The van der Waals surface area contributed by atoms with Crippen LogP contribution in [0.2, 0.25) is 0 Å². The van der Waals surface area contributed by atoms with Crippen LogP contribution >= 0.6 is 12.4 Å². The summed E-state index contributed by atoms with van der Waals surface area (Å²) in [4.78, 5) is 106. The van der Waals surface area contributed by atoms with Crippen LogP contribution in [0, 0.1) is 13.8 Å². The number of phenolic OH excluding ortho intramolecular Hbond substituents is 2. The maximum absolute atomic E-state index is 11.4. The molecule has 0 unspecified atom stereocenters. The van der Waals surface area contributed by atoms with Gasteiger partial charge in [0.15, 0.2) is 28.8 Å². The van der Waals surface area contributed by atoms with E-state index >= 15 is 0 Å². The van der Waals surface area contributed by atoms with Crippen molar-refractivity contribution in [2.45, 2.75) is 27.7 Å². The number of benzene rings is 2. The summed E-state index contributed by atoms with van der Waals surface area (Å²) < 4.78 is 14.0. The van der Waals surface area contributed by atoms with Gasteiger partial charge in [-0.15, -0.1) is 12.4 Å². The monoisotopic (exact) mass is 814 g/mol. The Hall–Kier alpha value is -7.41. The molecule has 0 aliphatic carbocycles. The van der Waals surface area contributed by atoms with Crippen molar-refractivity contribution in [2.75, 3.05) is 32.4 Å². The molecule has 302 valence electrons. The van der Waals surface area contributed by atoms with Gasteiger partial charge in [0.1, 0.15) is 17.2 Å². The predicted molar refractivity (Wildman–Crippen MR) is 209 cm³/mol. The van der Waals surface area contributed by atoms with E-state index in [-0.39, 0.29) is 80.9 Å².